The van der Waals surface area contributed by atoms with Gasteiger partial charge in [-0.05, 0) is 6.92 Å². The molecule has 0 aromatic carbocycles. The van der Waals surface area contributed by atoms with Gasteiger partial charge in [0.15, 0.2) is 0 Å². The Kier molecular flexibility index (Phi) is 3.13. The van der Waals surface area contributed by atoms with Gasteiger partial charge in [-0.15, -0.1) is 0 Å². The molecule has 2 atom stereocenters. The van der Waals surface area contributed by atoms with Crippen LogP contribution in [0.25, 0.3) is 0 Å². The molecule has 0 aromatic heterocycles. The first-order chi connectivity index (χ1) is 5.40. The monoisotopic (exact) mass is 232 g/mol. The second-order valence-electron chi connectivity index (χ2n) is 2.38. The maximum absolute atomic E-state index is 12.4. The maximum Gasteiger partial charge on any atom is 0.437 e. The van der Waals surface area contributed by atoms with Gasteiger partial charge in [0, 0.05) is 0 Å². The van der Waals surface area contributed by atoms with Gasteiger partial charge >= 0.3 is 12.4 Å². The average Bonchev–Trinajstić information content (AvgIpc) is 1.81. The average molecular weight is 233 g/mol. The minimum atomic E-state index is -5.75. The highest BCUT2D eigenvalue weighted by molar-refractivity contribution is 6.23. The Labute approximate surface area is 73.7 Å². The first-order valence-corrected chi connectivity index (χ1v) is 3.29. The van der Waals surface area contributed by atoms with Crippen molar-refractivity contribution in [2.75, 3.05) is 0 Å². The Hall–Kier alpha value is -0.200. The van der Waals surface area contributed by atoms with Gasteiger partial charge in [0.1, 0.15) is 5.92 Å². The van der Waals surface area contributed by atoms with Crippen molar-refractivity contribution in [3.8, 4) is 0 Å². The van der Waals surface area contributed by atoms with E-state index in [2.05, 4.69) is 11.6 Å². The number of rotatable bonds is 1. The number of hydrogen-bond acceptors (Lipinski definition) is 0. The van der Waals surface area contributed by atoms with Crippen molar-refractivity contribution >= 4 is 11.6 Å². The van der Waals surface area contributed by atoms with Gasteiger partial charge in [-0.2, -0.15) is 26.3 Å². The quantitative estimate of drug-likeness (QED) is 0.478. The molecule has 0 aliphatic rings. The van der Waals surface area contributed by atoms with Crippen LogP contribution in [0.3, 0.4) is 0 Å². The SMILES string of the molecule is CC(C(F)(F)F)C(F)(Cl)C(F)(F)F. The lowest BCUT2D eigenvalue weighted by Crippen LogP contribution is -2.47. The van der Waals surface area contributed by atoms with E-state index >= 15 is 0 Å². The molecule has 0 heterocycles. The summed E-state index contributed by atoms with van der Waals surface area (Å²) in [6.07, 6.45) is -11.1. The van der Waals surface area contributed by atoms with Crippen molar-refractivity contribution in [3.05, 3.63) is 0 Å². The van der Waals surface area contributed by atoms with Gasteiger partial charge < -0.3 is 0 Å². The molecule has 0 saturated heterocycles. The standard InChI is InChI=1S/C5H4ClF7/c1-2(4(8,9)10)3(6,7)5(11,12)13/h2H,1H3. The summed E-state index contributed by atoms with van der Waals surface area (Å²) in [7, 11) is 0. The van der Waals surface area contributed by atoms with Crippen molar-refractivity contribution in [2.24, 2.45) is 5.92 Å². The minimum absolute atomic E-state index is 0.0283. The molecule has 0 rings (SSSR count). The second-order valence-corrected chi connectivity index (χ2v) is 2.93. The van der Waals surface area contributed by atoms with Gasteiger partial charge in [0.25, 0.3) is 5.13 Å². The molecule has 0 aliphatic carbocycles. The predicted molar refractivity (Wildman–Crippen MR) is 31.0 cm³/mol. The zero-order valence-electron chi connectivity index (χ0n) is 6.10. The van der Waals surface area contributed by atoms with Crippen molar-refractivity contribution < 1.29 is 30.7 Å². The predicted octanol–water partition coefficient (Wildman–Crippen LogP) is 3.65. The Balaban J connectivity index is 4.86. The van der Waals surface area contributed by atoms with Crippen molar-refractivity contribution in [2.45, 2.75) is 24.4 Å². The molecule has 0 fully saturated rings. The topological polar surface area (TPSA) is 0 Å². The van der Waals surface area contributed by atoms with Crippen molar-refractivity contribution in [3.63, 3.8) is 0 Å². The Morgan fingerprint density at radius 2 is 1.23 bits per heavy atom. The van der Waals surface area contributed by atoms with Crippen LogP contribution in [-0.4, -0.2) is 17.5 Å². The summed E-state index contributed by atoms with van der Waals surface area (Å²) in [5, 5.41) is -4.77. The van der Waals surface area contributed by atoms with Crippen LogP contribution in [-0.2, 0) is 0 Å². The zero-order chi connectivity index (χ0) is 11.1. The molecule has 0 bridgehead atoms. The summed E-state index contributed by atoms with van der Waals surface area (Å²) in [4.78, 5) is 0. The van der Waals surface area contributed by atoms with Crippen LogP contribution in [0.1, 0.15) is 6.92 Å². The van der Waals surface area contributed by atoms with Crippen LogP contribution in [0.5, 0.6) is 0 Å². The minimum Gasteiger partial charge on any atom is -0.215 e. The van der Waals surface area contributed by atoms with E-state index in [4.69, 9.17) is 0 Å². The molecular weight excluding hydrogens is 228 g/mol. The highest BCUT2D eigenvalue weighted by Crippen LogP contribution is 2.48. The third kappa shape index (κ3) is 2.62. The van der Waals surface area contributed by atoms with Gasteiger partial charge in [0.2, 0.25) is 0 Å². The van der Waals surface area contributed by atoms with Crippen molar-refractivity contribution in [1.29, 1.82) is 0 Å². The van der Waals surface area contributed by atoms with Gasteiger partial charge in [0.05, 0.1) is 0 Å². The van der Waals surface area contributed by atoms with Crippen LogP contribution in [0.2, 0.25) is 0 Å². The fourth-order valence-corrected chi connectivity index (χ4v) is 0.575. The van der Waals surface area contributed by atoms with Crippen molar-refractivity contribution in [1.82, 2.24) is 0 Å². The van der Waals surface area contributed by atoms with Crippen LogP contribution in [0.15, 0.2) is 0 Å². The zero-order valence-corrected chi connectivity index (χ0v) is 6.86. The first-order valence-electron chi connectivity index (χ1n) is 2.92. The smallest absolute Gasteiger partial charge is 0.215 e. The van der Waals surface area contributed by atoms with Crippen LogP contribution >= 0.6 is 11.6 Å². The van der Waals surface area contributed by atoms with E-state index in [-0.39, 0.29) is 6.92 Å². The molecule has 0 saturated carbocycles. The number of halogens is 8. The summed E-state index contributed by atoms with van der Waals surface area (Å²) < 4.78 is 82.2. The van der Waals surface area contributed by atoms with E-state index in [0.717, 1.165) is 0 Å². The lowest BCUT2D eigenvalue weighted by Gasteiger charge is -2.28. The molecular formula is C5H4ClF7. The molecule has 0 amide bonds. The normalized spacial score (nSPS) is 21.0. The summed E-state index contributed by atoms with van der Waals surface area (Å²) in [6.45, 7) is 0.0283. The number of hydrogen-bond donors (Lipinski definition) is 0. The third-order valence-electron chi connectivity index (χ3n) is 1.41. The van der Waals surface area contributed by atoms with Crippen LogP contribution in [0, 0.1) is 5.92 Å². The lowest BCUT2D eigenvalue weighted by molar-refractivity contribution is -0.268. The Morgan fingerprint density at radius 1 is 0.923 bits per heavy atom. The molecule has 8 heteroatoms. The summed E-state index contributed by atoms with van der Waals surface area (Å²) >= 11 is 4.14. The van der Waals surface area contributed by atoms with E-state index in [1.54, 1.807) is 0 Å². The van der Waals surface area contributed by atoms with Gasteiger partial charge in [-0.3, -0.25) is 0 Å². The molecule has 80 valence electrons. The summed E-state index contributed by atoms with van der Waals surface area (Å²) in [5.41, 5.74) is 0. The first kappa shape index (κ1) is 12.8. The summed E-state index contributed by atoms with van der Waals surface area (Å²) in [6, 6.07) is 0. The Morgan fingerprint density at radius 3 is 1.31 bits per heavy atom. The largest absolute Gasteiger partial charge is 0.437 e. The third-order valence-corrected chi connectivity index (χ3v) is 1.95. The molecule has 13 heavy (non-hydrogen) atoms. The van der Waals surface area contributed by atoms with E-state index < -0.39 is 23.4 Å². The molecule has 0 radical (unpaired) electrons. The lowest BCUT2D eigenvalue weighted by atomic mass is 10.1. The van der Waals surface area contributed by atoms with Gasteiger partial charge in [-0.1, -0.05) is 11.6 Å². The number of alkyl halides is 8. The van der Waals surface area contributed by atoms with Crippen LogP contribution < -0.4 is 0 Å². The van der Waals surface area contributed by atoms with E-state index in [9.17, 15) is 30.7 Å². The second kappa shape index (κ2) is 3.18. The molecule has 0 nitrogen and oxygen atoms in total. The van der Waals surface area contributed by atoms with Crippen LogP contribution in [0.4, 0.5) is 30.7 Å². The summed E-state index contributed by atoms with van der Waals surface area (Å²) in [5.74, 6) is -3.30. The fourth-order valence-electron chi connectivity index (χ4n) is 0.451. The van der Waals surface area contributed by atoms with E-state index in [0.29, 0.717) is 0 Å². The molecule has 0 aliphatic heterocycles. The van der Waals surface area contributed by atoms with E-state index in [1.807, 2.05) is 0 Å². The molecule has 0 N–H and O–H groups in total. The van der Waals surface area contributed by atoms with E-state index in [1.165, 1.54) is 0 Å². The highest BCUT2D eigenvalue weighted by atomic mass is 35.5. The Bertz CT molecular complexity index is 178. The molecule has 2 unspecified atom stereocenters. The highest BCUT2D eigenvalue weighted by Gasteiger charge is 2.65. The maximum atomic E-state index is 12.4. The fraction of sp³-hybridized carbons (Fsp3) is 1.00. The van der Waals surface area contributed by atoms with Gasteiger partial charge in [-0.25, -0.2) is 4.39 Å². The molecule has 0 spiro atoms. The molecule has 0 aromatic rings.